The number of amides is 2. The van der Waals surface area contributed by atoms with Gasteiger partial charge in [-0.1, -0.05) is 18.2 Å². The summed E-state index contributed by atoms with van der Waals surface area (Å²) in [6.07, 6.45) is 3.48. The number of carbonyl (C=O) groups is 1. The first-order valence-corrected chi connectivity index (χ1v) is 8.55. The summed E-state index contributed by atoms with van der Waals surface area (Å²) in [5.74, 6) is 0.729. The second-order valence-corrected chi connectivity index (χ2v) is 6.01. The molecule has 3 rings (SSSR count). The van der Waals surface area contributed by atoms with Crippen molar-refractivity contribution in [2.45, 2.75) is 0 Å². The Labute approximate surface area is 148 Å². The lowest BCUT2D eigenvalue weighted by atomic mass is 10.3. The van der Waals surface area contributed by atoms with E-state index < -0.39 is 0 Å². The van der Waals surface area contributed by atoms with Crippen molar-refractivity contribution in [3.63, 3.8) is 0 Å². The van der Waals surface area contributed by atoms with E-state index in [4.69, 9.17) is 0 Å². The second kappa shape index (κ2) is 8.32. The number of hydrogen-bond donors (Lipinski definition) is 1. The molecule has 1 aliphatic heterocycles. The number of carbonyl (C=O) groups excluding carboxylic acids is 1. The fraction of sp³-hybridized carbons (Fsp3) is 0.389. The van der Waals surface area contributed by atoms with E-state index in [1.165, 1.54) is 0 Å². The van der Waals surface area contributed by atoms with Gasteiger partial charge in [-0.25, -0.2) is 14.8 Å². The van der Waals surface area contributed by atoms with Gasteiger partial charge in [0.1, 0.15) is 0 Å². The van der Waals surface area contributed by atoms with Gasteiger partial charge in [-0.05, 0) is 18.2 Å². The van der Waals surface area contributed by atoms with Gasteiger partial charge in [0, 0.05) is 64.4 Å². The Hall–Kier alpha value is -2.83. The monoisotopic (exact) mass is 340 g/mol. The summed E-state index contributed by atoms with van der Waals surface area (Å²) in [5, 5.41) is 3.00. The third kappa shape index (κ3) is 4.59. The molecule has 0 spiro atoms. The van der Waals surface area contributed by atoms with Crippen LogP contribution in [0.15, 0.2) is 48.8 Å². The van der Waals surface area contributed by atoms with Crippen molar-refractivity contribution in [3.05, 3.63) is 48.8 Å². The van der Waals surface area contributed by atoms with Gasteiger partial charge in [0.05, 0.1) is 0 Å². The average Bonchev–Trinajstić information content (AvgIpc) is 2.69. The van der Waals surface area contributed by atoms with Crippen LogP contribution < -0.4 is 15.1 Å². The van der Waals surface area contributed by atoms with E-state index >= 15 is 0 Å². The first kappa shape index (κ1) is 17.0. The largest absolute Gasteiger partial charge is 0.373 e. The molecule has 7 heteroatoms. The predicted octanol–water partition coefficient (Wildman–Crippen LogP) is 1.44. The van der Waals surface area contributed by atoms with Crippen LogP contribution in [0, 0.1) is 0 Å². The molecule has 132 valence electrons. The molecule has 1 aromatic heterocycles. The van der Waals surface area contributed by atoms with Crippen LogP contribution in [0.5, 0.6) is 0 Å². The minimum Gasteiger partial charge on any atom is -0.373 e. The number of nitrogens with zero attached hydrogens (tertiary/aromatic N) is 5. The van der Waals surface area contributed by atoms with Crippen molar-refractivity contribution in [1.29, 1.82) is 0 Å². The molecule has 0 radical (unpaired) electrons. The van der Waals surface area contributed by atoms with Crippen molar-refractivity contribution in [3.8, 4) is 0 Å². The quantitative estimate of drug-likeness (QED) is 0.892. The van der Waals surface area contributed by atoms with Crippen LogP contribution >= 0.6 is 0 Å². The maximum Gasteiger partial charge on any atom is 0.317 e. The molecule has 1 saturated heterocycles. The summed E-state index contributed by atoms with van der Waals surface area (Å²) in [4.78, 5) is 26.9. The Morgan fingerprint density at radius 1 is 1.08 bits per heavy atom. The zero-order chi connectivity index (χ0) is 17.5. The van der Waals surface area contributed by atoms with Crippen molar-refractivity contribution >= 4 is 17.7 Å². The lowest BCUT2D eigenvalue weighted by molar-refractivity contribution is 0.194. The molecule has 1 aromatic carbocycles. The molecule has 1 N–H and O–H groups in total. The number of rotatable bonds is 5. The standard InChI is InChI=1S/C18H24N6O/c1-22(16-6-3-2-4-7-16)11-10-21-18(25)24-14-12-23(13-15-24)17-19-8-5-9-20-17/h2-9H,10-15H2,1H3,(H,21,25). The summed E-state index contributed by atoms with van der Waals surface area (Å²) in [6.45, 7) is 4.25. The molecule has 2 aromatic rings. The molecule has 2 amide bonds. The summed E-state index contributed by atoms with van der Waals surface area (Å²) >= 11 is 0. The molecular weight excluding hydrogens is 316 g/mol. The van der Waals surface area contributed by atoms with E-state index in [0.717, 1.165) is 31.3 Å². The van der Waals surface area contributed by atoms with Crippen molar-refractivity contribution in [2.24, 2.45) is 0 Å². The molecule has 2 heterocycles. The number of likely N-dealkylation sites (N-methyl/N-ethyl adjacent to an activating group) is 1. The summed E-state index contributed by atoms with van der Waals surface area (Å²) < 4.78 is 0. The summed E-state index contributed by atoms with van der Waals surface area (Å²) in [6, 6.07) is 12.0. The van der Waals surface area contributed by atoms with Crippen LogP contribution in [-0.2, 0) is 0 Å². The minimum atomic E-state index is -0.00454. The number of hydrogen-bond acceptors (Lipinski definition) is 5. The van der Waals surface area contributed by atoms with Crippen LogP contribution in [0.1, 0.15) is 0 Å². The van der Waals surface area contributed by atoms with E-state index in [1.54, 1.807) is 18.5 Å². The maximum atomic E-state index is 12.3. The fourth-order valence-corrected chi connectivity index (χ4v) is 2.82. The smallest absolute Gasteiger partial charge is 0.317 e. The molecule has 0 aliphatic carbocycles. The summed E-state index contributed by atoms with van der Waals surface area (Å²) in [5.41, 5.74) is 1.15. The Morgan fingerprint density at radius 2 is 1.76 bits per heavy atom. The first-order valence-electron chi connectivity index (χ1n) is 8.55. The van der Waals surface area contributed by atoms with Crippen LogP contribution in [0.3, 0.4) is 0 Å². The van der Waals surface area contributed by atoms with Gasteiger partial charge in [0.25, 0.3) is 0 Å². The highest BCUT2D eigenvalue weighted by Crippen LogP contribution is 2.11. The van der Waals surface area contributed by atoms with Gasteiger partial charge in [-0.15, -0.1) is 0 Å². The molecule has 25 heavy (non-hydrogen) atoms. The van der Waals surface area contributed by atoms with Gasteiger partial charge in [0.15, 0.2) is 0 Å². The zero-order valence-corrected chi connectivity index (χ0v) is 14.5. The van der Waals surface area contributed by atoms with Gasteiger partial charge in [-0.2, -0.15) is 0 Å². The van der Waals surface area contributed by atoms with Crippen molar-refractivity contribution < 1.29 is 4.79 Å². The Bertz CT molecular complexity index is 658. The molecule has 0 bridgehead atoms. The Balaban J connectivity index is 1.39. The molecule has 0 saturated carbocycles. The third-order valence-corrected chi connectivity index (χ3v) is 4.32. The van der Waals surface area contributed by atoms with Gasteiger partial charge >= 0.3 is 6.03 Å². The van der Waals surface area contributed by atoms with E-state index in [9.17, 15) is 4.79 Å². The fourth-order valence-electron chi connectivity index (χ4n) is 2.82. The topological polar surface area (TPSA) is 64.6 Å². The van der Waals surface area contributed by atoms with Crippen LogP contribution in [0.25, 0.3) is 0 Å². The SMILES string of the molecule is CN(CCNC(=O)N1CCN(c2ncccn2)CC1)c1ccccc1. The number of benzene rings is 1. The van der Waals surface area contributed by atoms with E-state index in [2.05, 4.69) is 37.2 Å². The third-order valence-electron chi connectivity index (χ3n) is 4.32. The minimum absolute atomic E-state index is 0.00454. The first-order chi connectivity index (χ1) is 12.2. The predicted molar refractivity (Wildman–Crippen MR) is 98.9 cm³/mol. The van der Waals surface area contributed by atoms with Crippen molar-refractivity contribution in [1.82, 2.24) is 20.2 Å². The average molecular weight is 340 g/mol. The lowest BCUT2D eigenvalue weighted by Gasteiger charge is -2.34. The molecule has 1 fully saturated rings. The molecule has 7 nitrogen and oxygen atoms in total. The lowest BCUT2D eigenvalue weighted by Crippen LogP contribution is -2.52. The molecule has 0 unspecified atom stereocenters. The number of aromatic nitrogens is 2. The number of urea groups is 1. The van der Waals surface area contributed by atoms with Gasteiger partial charge < -0.3 is 20.0 Å². The maximum absolute atomic E-state index is 12.3. The van der Waals surface area contributed by atoms with E-state index in [1.807, 2.05) is 30.1 Å². The van der Waals surface area contributed by atoms with Gasteiger partial charge in [-0.3, -0.25) is 0 Å². The number of piperazine rings is 1. The highest BCUT2D eigenvalue weighted by molar-refractivity contribution is 5.74. The second-order valence-electron chi connectivity index (χ2n) is 6.01. The number of para-hydroxylation sites is 1. The Kier molecular flexibility index (Phi) is 5.66. The normalized spacial score (nSPS) is 14.3. The summed E-state index contributed by atoms with van der Waals surface area (Å²) in [7, 11) is 2.03. The molecule has 0 atom stereocenters. The van der Waals surface area contributed by atoms with Crippen LogP contribution in [0.2, 0.25) is 0 Å². The van der Waals surface area contributed by atoms with Crippen molar-refractivity contribution in [2.75, 3.05) is 56.1 Å². The van der Waals surface area contributed by atoms with Gasteiger partial charge in [0.2, 0.25) is 5.95 Å². The molecule has 1 aliphatic rings. The number of anilines is 2. The van der Waals surface area contributed by atoms with E-state index in [0.29, 0.717) is 19.6 Å². The molecular formula is C18H24N6O. The highest BCUT2D eigenvalue weighted by Gasteiger charge is 2.22. The van der Waals surface area contributed by atoms with E-state index in [-0.39, 0.29) is 6.03 Å². The van der Waals surface area contributed by atoms with Crippen LogP contribution in [-0.4, -0.2) is 67.2 Å². The highest BCUT2D eigenvalue weighted by atomic mass is 16.2. The number of nitrogens with one attached hydrogen (secondary N) is 1. The van der Waals surface area contributed by atoms with Crippen LogP contribution in [0.4, 0.5) is 16.4 Å². The zero-order valence-electron chi connectivity index (χ0n) is 14.5. The Morgan fingerprint density at radius 3 is 2.44 bits per heavy atom.